The molecule has 1 atom stereocenters. The van der Waals surface area contributed by atoms with Crippen molar-refractivity contribution in [2.45, 2.75) is 12.5 Å². The molecule has 1 saturated heterocycles. The summed E-state index contributed by atoms with van der Waals surface area (Å²) < 4.78 is 15.5. The van der Waals surface area contributed by atoms with Crippen LogP contribution >= 0.6 is 0 Å². The van der Waals surface area contributed by atoms with Crippen molar-refractivity contribution in [3.05, 3.63) is 60.2 Å². The number of carbonyl (C=O) groups excluding carboxylic acids is 2. The van der Waals surface area contributed by atoms with Crippen LogP contribution in [0.1, 0.15) is 16.8 Å². The van der Waals surface area contributed by atoms with Gasteiger partial charge in [0.2, 0.25) is 6.10 Å². The second-order valence-electron chi connectivity index (χ2n) is 4.79. The maximum Gasteiger partial charge on any atom is 0.347 e. The SMILES string of the molecule is O=C(O[C@@H]1CCOC1=O)c1ccc(Oc2ccccc2)cc1. The molecule has 1 aliphatic heterocycles. The quantitative estimate of drug-likeness (QED) is 0.812. The minimum atomic E-state index is -0.798. The molecule has 0 spiro atoms. The molecule has 5 heteroatoms. The molecule has 1 fully saturated rings. The van der Waals surface area contributed by atoms with Gasteiger partial charge in [-0.15, -0.1) is 0 Å². The first-order chi connectivity index (χ1) is 10.7. The van der Waals surface area contributed by atoms with Crippen LogP contribution in [0.4, 0.5) is 0 Å². The van der Waals surface area contributed by atoms with Crippen molar-refractivity contribution in [2.75, 3.05) is 6.61 Å². The molecule has 0 radical (unpaired) electrons. The third-order valence-electron chi connectivity index (χ3n) is 3.21. The van der Waals surface area contributed by atoms with Crippen LogP contribution in [0.3, 0.4) is 0 Å². The standard InChI is InChI=1S/C17H14O5/c18-16(22-15-10-11-20-17(15)19)12-6-8-14(9-7-12)21-13-4-2-1-3-5-13/h1-9,15H,10-11H2/t15-/m1/s1. The van der Waals surface area contributed by atoms with Gasteiger partial charge in [0.05, 0.1) is 12.2 Å². The molecular formula is C17H14O5. The Hall–Kier alpha value is -2.82. The van der Waals surface area contributed by atoms with Crippen molar-refractivity contribution in [3.63, 3.8) is 0 Å². The zero-order valence-corrected chi connectivity index (χ0v) is 11.7. The van der Waals surface area contributed by atoms with Crippen LogP contribution < -0.4 is 4.74 Å². The lowest BCUT2D eigenvalue weighted by atomic mass is 10.2. The lowest BCUT2D eigenvalue weighted by Gasteiger charge is -2.09. The van der Waals surface area contributed by atoms with Crippen LogP contribution in [0.15, 0.2) is 54.6 Å². The van der Waals surface area contributed by atoms with Gasteiger partial charge in [-0.3, -0.25) is 0 Å². The summed E-state index contributed by atoms with van der Waals surface area (Å²) in [6, 6.07) is 15.9. The topological polar surface area (TPSA) is 61.8 Å². The average Bonchev–Trinajstić information content (AvgIpc) is 2.94. The summed E-state index contributed by atoms with van der Waals surface area (Å²) in [5.41, 5.74) is 0.361. The van der Waals surface area contributed by atoms with Gasteiger partial charge in [-0.1, -0.05) is 18.2 Å². The molecule has 0 aliphatic carbocycles. The van der Waals surface area contributed by atoms with Crippen molar-refractivity contribution >= 4 is 11.9 Å². The number of benzene rings is 2. The Bertz CT molecular complexity index is 663. The number of cyclic esters (lactones) is 1. The molecule has 0 aromatic heterocycles. The molecule has 3 rings (SSSR count). The highest BCUT2D eigenvalue weighted by molar-refractivity contribution is 5.91. The van der Waals surface area contributed by atoms with E-state index in [9.17, 15) is 9.59 Å². The highest BCUT2D eigenvalue weighted by Gasteiger charge is 2.30. The first-order valence-corrected chi connectivity index (χ1v) is 6.93. The smallest absolute Gasteiger partial charge is 0.347 e. The summed E-state index contributed by atoms with van der Waals surface area (Å²) in [5, 5.41) is 0. The van der Waals surface area contributed by atoms with Gasteiger partial charge >= 0.3 is 11.9 Å². The summed E-state index contributed by atoms with van der Waals surface area (Å²) in [7, 11) is 0. The summed E-state index contributed by atoms with van der Waals surface area (Å²) in [6.45, 7) is 0.292. The number of carbonyl (C=O) groups is 2. The zero-order chi connectivity index (χ0) is 15.4. The van der Waals surface area contributed by atoms with Gasteiger partial charge in [0.25, 0.3) is 0 Å². The monoisotopic (exact) mass is 298 g/mol. The Kier molecular flexibility index (Phi) is 4.05. The minimum Gasteiger partial charge on any atom is -0.463 e. The van der Waals surface area contributed by atoms with Crippen LogP contribution in [0.2, 0.25) is 0 Å². The molecule has 5 nitrogen and oxygen atoms in total. The highest BCUT2D eigenvalue weighted by Crippen LogP contribution is 2.22. The summed E-state index contributed by atoms with van der Waals surface area (Å²) in [5.74, 6) is 0.294. The molecule has 2 aromatic carbocycles. The van der Waals surface area contributed by atoms with Crippen LogP contribution in [-0.2, 0) is 14.3 Å². The van der Waals surface area contributed by atoms with E-state index in [2.05, 4.69) is 0 Å². The van der Waals surface area contributed by atoms with E-state index in [1.165, 1.54) is 0 Å². The van der Waals surface area contributed by atoms with Crippen LogP contribution in [0.5, 0.6) is 11.5 Å². The van der Waals surface area contributed by atoms with Gasteiger partial charge in [-0.25, -0.2) is 9.59 Å². The van der Waals surface area contributed by atoms with Gasteiger partial charge in [0.1, 0.15) is 11.5 Å². The molecular weight excluding hydrogens is 284 g/mol. The molecule has 0 bridgehead atoms. The number of esters is 2. The first kappa shape index (κ1) is 14.1. The van der Waals surface area contributed by atoms with E-state index >= 15 is 0 Å². The van der Waals surface area contributed by atoms with E-state index in [1.807, 2.05) is 30.3 Å². The van der Waals surface area contributed by atoms with Crippen molar-refractivity contribution in [2.24, 2.45) is 0 Å². The fourth-order valence-corrected chi connectivity index (χ4v) is 2.07. The predicted molar refractivity (Wildman–Crippen MR) is 77.7 cm³/mol. The maximum atomic E-state index is 11.9. The van der Waals surface area contributed by atoms with Crippen molar-refractivity contribution in [3.8, 4) is 11.5 Å². The maximum absolute atomic E-state index is 11.9. The Balaban J connectivity index is 1.63. The Morgan fingerprint density at radius 2 is 1.68 bits per heavy atom. The third kappa shape index (κ3) is 3.25. The van der Waals surface area contributed by atoms with E-state index in [0.717, 1.165) is 0 Å². The summed E-state index contributed by atoms with van der Waals surface area (Å²) in [4.78, 5) is 23.2. The molecule has 1 heterocycles. The van der Waals surface area contributed by atoms with E-state index in [0.29, 0.717) is 30.1 Å². The second-order valence-corrected chi connectivity index (χ2v) is 4.79. The molecule has 112 valence electrons. The van der Waals surface area contributed by atoms with Gasteiger partial charge in [-0.2, -0.15) is 0 Å². The number of ether oxygens (including phenoxy) is 3. The van der Waals surface area contributed by atoms with Gasteiger partial charge in [0.15, 0.2) is 0 Å². The van der Waals surface area contributed by atoms with E-state index in [-0.39, 0.29) is 0 Å². The normalized spacial score (nSPS) is 16.9. The molecule has 0 N–H and O–H groups in total. The lowest BCUT2D eigenvalue weighted by Crippen LogP contribution is -2.22. The molecule has 1 aliphatic rings. The third-order valence-corrected chi connectivity index (χ3v) is 3.21. The summed E-state index contributed by atoms with van der Waals surface area (Å²) in [6.07, 6.45) is -0.396. The Morgan fingerprint density at radius 3 is 2.32 bits per heavy atom. The number of para-hydroxylation sites is 1. The van der Waals surface area contributed by atoms with Gasteiger partial charge in [0, 0.05) is 6.42 Å². The van der Waals surface area contributed by atoms with Crippen LogP contribution in [0.25, 0.3) is 0 Å². The molecule has 22 heavy (non-hydrogen) atoms. The summed E-state index contributed by atoms with van der Waals surface area (Å²) >= 11 is 0. The zero-order valence-electron chi connectivity index (χ0n) is 11.7. The van der Waals surface area contributed by atoms with Crippen molar-refractivity contribution in [1.29, 1.82) is 0 Å². The predicted octanol–water partition coefficient (Wildman–Crippen LogP) is 2.95. The van der Waals surface area contributed by atoms with Crippen molar-refractivity contribution in [1.82, 2.24) is 0 Å². The van der Waals surface area contributed by atoms with Gasteiger partial charge < -0.3 is 14.2 Å². The molecule has 0 amide bonds. The first-order valence-electron chi connectivity index (χ1n) is 6.93. The fraction of sp³-hybridized carbons (Fsp3) is 0.176. The second kappa shape index (κ2) is 6.30. The van der Waals surface area contributed by atoms with Gasteiger partial charge in [-0.05, 0) is 36.4 Å². The average molecular weight is 298 g/mol. The van der Waals surface area contributed by atoms with E-state index in [1.54, 1.807) is 24.3 Å². The van der Waals surface area contributed by atoms with E-state index in [4.69, 9.17) is 14.2 Å². The van der Waals surface area contributed by atoms with E-state index < -0.39 is 18.0 Å². The number of hydrogen-bond donors (Lipinski definition) is 0. The minimum absolute atomic E-state index is 0.292. The molecule has 0 saturated carbocycles. The molecule has 0 unspecified atom stereocenters. The van der Waals surface area contributed by atoms with Crippen molar-refractivity contribution < 1.29 is 23.8 Å². The Labute approximate surface area is 127 Å². The Morgan fingerprint density at radius 1 is 1.00 bits per heavy atom. The number of rotatable bonds is 4. The number of hydrogen-bond acceptors (Lipinski definition) is 5. The van der Waals surface area contributed by atoms with Crippen LogP contribution in [0, 0.1) is 0 Å². The highest BCUT2D eigenvalue weighted by atomic mass is 16.6. The fourth-order valence-electron chi connectivity index (χ4n) is 2.07. The van der Waals surface area contributed by atoms with Crippen LogP contribution in [-0.4, -0.2) is 24.6 Å². The molecule has 2 aromatic rings. The largest absolute Gasteiger partial charge is 0.463 e. The lowest BCUT2D eigenvalue weighted by molar-refractivity contribution is -0.145.